The van der Waals surface area contributed by atoms with Crippen LogP contribution in [0.25, 0.3) is 10.6 Å². The summed E-state index contributed by atoms with van der Waals surface area (Å²) in [6.07, 6.45) is 2.79. The molecule has 0 aliphatic carbocycles. The Bertz CT molecular complexity index is 418. The Labute approximate surface area is 92.3 Å². The first kappa shape index (κ1) is 9.98. The summed E-state index contributed by atoms with van der Waals surface area (Å²) >= 11 is 1.51. The number of nitrogens with zero attached hydrogens (tertiary/aromatic N) is 1. The van der Waals surface area contributed by atoms with E-state index in [-0.39, 0.29) is 0 Å². The van der Waals surface area contributed by atoms with E-state index in [1.54, 1.807) is 19.6 Å². The summed E-state index contributed by atoms with van der Waals surface area (Å²) in [5, 5.41) is 2.66. The van der Waals surface area contributed by atoms with Crippen LogP contribution in [0.1, 0.15) is 0 Å². The van der Waals surface area contributed by atoms with Crippen molar-refractivity contribution >= 4 is 11.3 Å². The minimum absolute atomic E-state index is 0.762. The molecule has 0 spiro atoms. The van der Waals surface area contributed by atoms with E-state index in [1.807, 2.05) is 18.2 Å². The number of ether oxygens (including phenoxy) is 2. The Hall–Kier alpha value is -1.55. The molecule has 3 nitrogen and oxygen atoms in total. The van der Waals surface area contributed by atoms with Crippen LogP contribution >= 0.6 is 11.3 Å². The fraction of sp³-hybridized carbons (Fsp3) is 0.182. The topological polar surface area (TPSA) is 31.4 Å². The van der Waals surface area contributed by atoms with E-state index in [4.69, 9.17) is 9.47 Å². The standard InChI is InChI=1S/C11H10NO2S/c1-13-8-4-3-5-9(14-2)10(8)11-12-6-7-15-11/h3-5,7H,1-2H3. The van der Waals surface area contributed by atoms with Gasteiger partial charge in [0.15, 0.2) is 0 Å². The molecule has 15 heavy (non-hydrogen) atoms. The Morgan fingerprint density at radius 1 is 1.20 bits per heavy atom. The smallest absolute Gasteiger partial charge is 0.132 e. The predicted molar refractivity (Wildman–Crippen MR) is 59.5 cm³/mol. The van der Waals surface area contributed by atoms with E-state index < -0.39 is 0 Å². The lowest BCUT2D eigenvalue weighted by Gasteiger charge is -2.10. The molecular formula is C11H10NO2S. The van der Waals surface area contributed by atoms with Crippen LogP contribution in [0.15, 0.2) is 23.6 Å². The maximum Gasteiger partial charge on any atom is 0.132 e. The third-order valence-electron chi connectivity index (χ3n) is 2.03. The molecule has 4 heteroatoms. The van der Waals surface area contributed by atoms with Crippen molar-refractivity contribution in [1.82, 2.24) is 4.98 Å². The second-order valence-corrected chi connectivity index (χ2v) is 3.68. The minimum Gasteiger partial charge on any atom is -0.496 e. The minimum atomic E-state index is 0.762. The molecule has 0 aliphatic heterocycles. The molecule has 0 saturated heterocycles. The zero-order valence-electron chi connectivity index (χ0n) is 8.48. The lowest BCUT2D eigenvalue weighted by Crippen LogP contribution is -1.92. The Morgan fingerprint density at radius 3 is 2.33 bits per heavy atom. The predicted octanol–water partition coefficient (Wildman–Crippen LogP) is 2.63. The lowest BCUT2D eigenvalue weighted by atomic mass is 10.2. The molecule has 0 saturated carbocycles. The maximum atomic E-state index is 5.28. The van der Waals surface area contributed by atoms with Crippen molar-refractivity contribution in [1.29, 1.82) is 0 Å². The quantitative estimate of drug-likeness (QED) is 0.796. The van der Waals surface area contributed by atoms with Crippen molar-refractivity contribution in [3.05, 3.63) is 29.8 Å². The zero-order chi connectivity index (χ0) is 10.7. The van der Waals surface area contributed by atoms with Crippen LogP contribution in [0.4, 0.5) is 0 Å². The Balaban J connectivity index is 2.61. The maximum absolute atomic E-state index is 5.28. The monoisotopic (exact) mass is 220 g/mol. The van der Waals surface area contributed by atoms with E-state index in [2.05, 4.69) is 11.2 Å². The highest BCUT2D eigenvalue weighted by Gasteiger charge is 2.13. The number of aromatic nitrogens is 1. The van der Waals surface area contributed by atoms with Gasteiger partial charge in [0.2, 0.25) is 0 Å². The van der Waals surface area contributed by atoms with Gasteiger partial charge in [-0.25, -0.2) is 4.98 Å². The van der Waals surface area contributed by atoms with E-state index >= 15 is 0 Å². The molecule has 0 amide bonds. The molecule has 0 fully saturated rings. The molecule has 2 rings (SSSR count). The van der Waals surface area contributed by atoms with Gasteiger partial charge in [0.05, 0.1) is 19.8 Å². The number of hydrogen-bond acceptors (Lipinski definition) is 4. The molecule has 0 aliphatic rings. The summed E-state index contributed by atoms with van der Waals surface area (Å²) in [4.78, 5) is 4.14. The molecule has 1 radical (unpaired) electrons. The van der Waals surface area contributed by atoms with Crippen LogP contribution in [-0.4, -0.2) is 19.2 Å². The van der Waals surface area contributed by atoms with Crippen LogP contribution in [0.3, 0.4) is 0 Å². The normalized spacial score (nSPS) is 10.0. The molecule has 0 bridgehead atoms. The number of thiazole rings is 1. The van der Waals surface area contributed by atoms with Crippen LogP contribution in [0.2, 0.25) is 0 Å². The van der Waals surface area contributed by atoms with Crippen molar-refractivity contribution in [2.45, 2.75) is 0 Å². The Morgan fingerprint density at radius 2 is 1.87 bits per heavy atom. The molecule has 1 aromatic carbocycles. The SMILES string of the molecule is COc1cccc(OC)c1-c1n[c]cs1. The van der Waals surface area contributed by atoms with Crippen LogP contribution in [0.5, 0.6) is 11.5 Å². The summed E-state index contributed by atoms with van der Waals surface area (Å²) in [5.74, 6) is 1.52. The number of benzene rings is 1. The first-order valence-corrected chi connectivity index (χ1v) is 5.27. The van der Waals surface area contributed by atoms with Crippen LogP contribution < -0.4 is 9.47 Å². The second-order valence-electron chi connectivity index (χ2n) is 2.82. The van der Waals surface area contributed by atoms with Crippen LogP contribution in [0, 0.1) is 6.20 Å². The van der Waals surface area contributed by atoms with Crippen molar-refractivity contribution in [2.75, 3.05) is 14.2 Å². The van der Waals surface area contributed by atoms with Crippen molar-refractivity contribution in [3.63, 3.8) is 0 Å². The Kier molecular flexibility index (Phi) is 2.87. The summed E-state index contributed by atoms with van der Waals surface area (Å²) in [6, 6.07) is 5.66. The van der Waals surface area contributed by atoms with E-state index in [1.165, 1.54) is 11.3 Å². The molecule has 0 atom stereocenters. The summed E-state index contributed by atoms with van der Waals surface area (Å²) in [7, 11) is 3.27. The summed E-state index contributed by atoms with van der Waals surface area (Å²) < 4.78 is 10.6. The van der Waals surface area contributed by atoms with Gasteiger partial charge in [-0.15, -0.1) is 11.3 Å². The summed E-state index contributed by atoms with van der Waals surface area (Å²) in [5.41, 5.74) is 0.883. The first-order valence-electron chi connectivity index (χ1n) is 4.39. The van der Waals surface area contributed by atoms with Gasteiger partial charge in [0, 0.05) is 5.38 Å². The van der Waals surface area contributed by atoms with Gasteiger partial charge in [-0.1, -0.05) is 6.07 Å². The summed E-state index contributed by atoms with van der Waals surface area (Å²) in [6.45, 7) is 0. The van der Waals surface area contributed by atoms with Crippen LogP contribution in [-0.2, 0) is 0 Å². The first-order chi connectivity index (χ1) is 7.36. The highest BCUT2D eigenvalue weighted by molar-refractivity contribution is 7.13. The average Bonchev–Trinajstić information content (AvgIpc) is 2.81. The fourth-order valence-electron chi connectivity index (χ4n) is 1.37. The van der Waals surface area contributed by atoms with Gasteiger partial charge in [0.25, 0.3) is 0 Å². The van der Waals surface area contributed by atoms with Crippen molar-refractivity contribution in [3.8, 4) is 22.1 Å². The molecule has 77 valence electrons. The number of methoxy groups -OCH3 is 2. The second kappa shape index (κ2) is 4.31. The van der Waals surface area contributed by atoms with Gasteiger partial charge in [-0.05, 0) is 12.1 Å². The van der Waals surface area contributed by atoms with Gasteiger partial charge >= 0.3 is 0 Å². The molecule has 0 N–H and O–H groups in total. The van der Waals surface area contributed by atoms with Gasteiger partial charge < -0.3 is 9.47 Å². The third-order valence-corrected chi connectivity index (χ3v) is 2.77. The molecule has 1 aromatic heterocycles. The lowest BCUT2D eigenvalue weighted by molar-refractivity contribution is 0.397. The van der Waals surface area contributed by atoms with E-state index in [0.29, 0.717) is 0 Å². The van der Waals surface area contributed by atoms with Gasteiger partial charge in [-0.2, -0.15) is 0 Å². The van der Waals surface area contributed by atoms with Crippen molar-refractivity contribution in [2.24, 2.45) is 0 Å². The van der Waals surface area contributed by atoms with Gasteiger partial charge in [-0.3, -0.25) is 0 Å². The highest BCUT2D eigenvalue weighted by atomic mass is 32.1. The van der Waals surface area contributed by atoms with E-state index in [9.17, 15) is 0 Å². The molecular weight excluding hydrogens is 210 g/mol. The van der Waals surface area contributed by atoms with Gasteiger partial charge in [0.1, 0.15) is 22.7 Å². The highest BCUT2D eigenvalue weighted by Crippen LogP contribution is 2.38. The fourth-order valence-corrected chi connectivity index (χ4v) is 2.01. The largest absolute Gasteiger partial charge is 0.496 e. The molecule has 2 aromatic rings. The third kappa shape index (κ3) is 1.80. The van der Waals surface area contributed by atoms with Crippen molar-refractivity contribution < 1.29 is 9.47 Å². The number of rotatable bonds is 3. The number of hydrogen-bond donors (Lipinski definition) is 0. The van der Waals surface area contributed by atoms with E-state index in [0.717, 1.165) is 22.1 Å². The zero-order valence-corrected chi connectivity index (χ0v) is 9.30. The molecule has 1 heterocycles. The molecule has 0 unspecified atom stereocenters. The average molecular weight is 220 g/mol.